The van der Waals surface area contributed by atoms with E-state index in [9.17, 15) is 44.4 Å². The van der Waals surface area contributed by atoms with Crippen molar-refractivity contribution in [1.29, 1.82) is 0 Å². The van der Waals surface area contributed by atoms with Gasteiger partial charge >= 0.3 is 6.09 Å². The summed E-state index contributed by atoms with van der Waals surface area (Å²) in [6, 6.07) is 9.56. The van der Waals surface area contributed by atoms with Crippen molar-refractivity contribution in [3.05, 3.63) is 75.8 Å². The number of Topliss-reactive ketones (excluding diaryl/α,β-unsaturated/α-hetero) is 2. The summed E-state index contributed by atoms with van der Waals surface area (Å²) in [4.78, 5) is 70.3. The number of likely N-dealkylation sites (N-methyl/N-ethyl adjacent to an activating group) is 1. The Morgan fingerprint density at radius 3 is 2.32 bits per heavy atom. The first-order chi connectivity index (χ1) is 23.6. The number of ether oxygens (including phenoxy) is 1. The Morgan fingerprint density at radius 2 is 1.72 bits per heavy atom. The zero-order valence-corrected chi connectivity index (χ0v) is 28.0. The van der Waals surface area contributed by atoms with Crippen LogP contribution in [0.1, 0.15) is 27.9 Å². The molecule has 1 aliphatic heterocycles. The highest BCUT2D eigenvalue weighted by molar-refractivity contribution is 6.25. The van der Waals surface area contributed by atoms with E-state index in [2.05, 4.69) is 5.32 Å². The van der Waals surface area contributed by atoms with E-state index in [1.807, 2.05) is 30.3 Å². The number of nitrogens with one attached hydrogen (secondary N) is 1. The maximum absolute atomic E-state index is 14.2. The summed E-state index contributed by atoms with van der Waals surface area (Å²) < 4.78 is 5.32. The van der Waals surface area contributed by atoms with E-state index >= 15 is 0 Å². The van der Waals surface area contributed by atoms with Crippen LogP contribution in [-0.2, 0) is 32.1 Å². The minimum Gasteiger partial charge on any atom is -0.510 e. The molecule has 2 aromatic rings. The zero-order valence-electron chi connectivity index (χ0n) is 28.0. The van der Waals surface area contributed by atoms with Crippen LogP contribution in [0, 0.1) is 17.8 Å². The Bertz CT molecular complexity index is 1880. The molecule has 15 heteroatoms. The van der Waals surface area contributed by atoms with Crippen LogP contribution < -0.4 is 16.0 Å². The lowest BCUT2D eigenvalue weighted by Gasteiger charge is -2.50. The topological polar surface area (TPSA) is 223 Å². The Balaban J connectivity index is 1.29. The number of hydrogen-bond donors (Lipinski definition) is 6. The normalized spacial score (nSPS) is 24.7. The number of fused-ring (bicyclic) bond motifs is 3. The van der Waals surface area contributed by atoms with Gasteiger partial charge in [0.05, 0.1) is 23.2 Å². The number of nitrogens with two attached hydrogens (primary N) is 1. The second kappa shape index (κ2) is 12.5. The van der Waals surface area contributed by atoms with Gasteiger partial charge in [0, 0.05) is 44.4 Å². The van der Waals surface area contributed by atoms with Gasteiger partial charge in [-0.15, -0.1) is 0 Å². The lowest BCUT2D eigenvalue weighted by Crippen LogP contribution is -2.63. The van der Waals surface area contributed by atoms with Crippen molar-refractivity contribution < 1.29 is 49.1 Å². The molecule has 0 unspecified atom stereocenters. The summed E-state index contributed by atoms with van der Waals surface area (Å²) in [5.41, 5.74) is 2.84. The lowest BCUT2D eigenvalue weighted by atomic mass is 9.58. The molecule has 264 valence electrons. The third kappa shape index (κ3) is 5.33. The molecule has 7 N–H and O–H groups in total. The van der Waals surface area contributed by atoms with Crippen molar-refractivity contribution in [2.75, 3.05) is 51.5 Å². The van der Waals surface area contributed by atoms with E-state index in [1.54, 1.807) is 33.1 Å². The fourth-order valence-corrected chi connectivity index (χ4v) is 7.63. The summed E-state index contributed by atoms with van der Waals surface area (Å²) in [5.74, 6) is -8.75. The van der Waals surface area contributed by atoms with Gasteiger partial charge in [-0.3, -0.25) is 24.1 Å². The Kier molecular flexibility index (Phi) is 8.60. The minimum absolute atomic E-state index is 0.0517. The fourth-order valence-electron chi connectivity index (χ4n) is 7.63. The molecule has 1 heterocycles. The summed E-state index contributed by atoms with van der Waals surface area (Å²) in [5, 5.41) is 48.5. The van der Waals surface area contributed by atoms with Gasteiger partial charge in [-0.2, -0.15) is 0 Å². The number of phenols is 1. The van der Waals surface area contributed by atoms with Crippen molar-refractivity contribution in [2.45, 2.75) is 31.1 Å². The number of ketones is 2. The number of anilines is 2. The molecule has 3 amide bonds. The molecule has 0 aromatic heterocycles. The van der Waals surface area contributed by atoms with Gasteiger partial charge in [-0.05, 0) is 50.0 Å². The predicted octanol–water partition coefficient (Wildman–Crippen LogP) is 1.39. The lowest BCUT2D eigenvalue weighted by molar-refractivity contribution is -0.148. The van der Waals surface area contributed by atoms with Crippen molar-refractivity contribution in [2.24, 2.45) is 23.5 Å². The standard InChI is InChI=1S/C35H39N5O10/c1-38(2)22-12-21(37-33(47)18-13-40(14-18)34(48)50-15-16-8-6-5-7-9-16)27(41)24-19(22)10-17-11-20-26(39(3)4)29(43)25(32(36)46)31(45)35(20,49)30(44)23(17)28(24)42/h5-9,12,17-18,20,26,41,43-44,49H,10-11,13-15H2,1-4H3,(H2,36,46)(H,37,47)/t17-,20-,26-,35-/m0/s1. The Hall–Kier alpha value is -5.41. The SMILES string of the molecule is CN(C)c1cc(NC(=O)C2CN(C(=O)OCc3ccccc3)C2)c(O)c2c1C[C@H]1C[C@H]3[C@H](N(C)C)C(O)=C(C(N)=O)C(=O)[C@@]3(O)C(O)=C1C2=O. The van der Waals surface area contributed by atoms with Gasteiger partial charge in [-0.25, -0.2) is 4.79 Å². The number of primary amides is 1. The molecule has 0 radical (unpaired) electrons. The number of phenolic OH excluding ortho intramolecular Hbond substituents is 1. The molecule has 15 nitrogen and oxygen atoms in total. The summed E-state index contributed by atoms with van der Waals surface area (Å²) in [7, 11) is 6.55. The van der Waals surface area contributed by atoms with Crippen LogP contribution in [-0.4, -0.2) is 113 Å². The maximum Gasteiger partial charge on any atom is 0.410 e. The molecule has 0 saturated carbocycles. The van der Waals surface area contributed by atoms with Gasteiger partial charge in [0.2, 0.25) is 11.7 Å². The molecular weight excluding hydrogens is 650 g/mol. The Labute approximate surface area is 287 Å². The second-order valence-corrected chi connectivity index (χ2v) is 13.6. The van der Waals surface area contributed by atoms with E-state index in [1.165, 1.54) is 15.9 Å². The van der Waals surface area contributed by atoms with Crippen LogP contribution in [0.4, 0.5) is 16.2 Å². The first kappa shape index (κ1) is 34.5. The molecule has 3 aliphatic carbocycles. The van der Waals surface area contributed by atoms with E-state index < -0.39 is 81.7 Å². The number of carbonyl (C=O) groups is 5. The molecular formula is C35H39N5O10. The molecule has 50 heavy (non-hydrogen) atoms. The molecule has 4 aliphatic rings. The number of rotatable bonds is 7. The molecule has 1 fully saturated rings. The quantitative estimate of drug-likeness (QED) is 0.179. The van der Waals surface area contributed by atoms with Gasteiger partial charge in [0.1, 0.15) is 23.7 Å². The van der Waals surface area contributed by atoms with Crippen LogP contribution in [0.2, 0.25) is 0 Å². The summed E-state index contributed by atoms with van der Waals surface area (Å²) >= 11 is 0. The van der Waals surface area contributed by atoms with Crippen LogP contribution in [0.3, 0.4) is 0 Å². The maximum atomic E-state index is 14.2. The zero-order chi connectivity index (χ0) is 36.4. The first-order valence-electron chi connectivity index (χ1n) is 16.0. The first-order valence-corrected chi connectivity index (χ1v) is 16.0. The monoisotopic (exact) mass is 689 g/mol. The third-order valence-corrected chi connectivity index (χ3v) is 10.2. The third-order valence-electron chi connectivity index (χ3n) is 10.2. The van der Waals surface area contributed by atoms with Crippen molar-refractivity contribution in [3.63, 3.8) is 0 Å². The fraction of sp³-hybridized carbons (Fsp3) is 0.400. The van der Waals surface area contributed by atoms with Crippen molar-refractivity contribution >= 4 is 40.8 Å². The number of allylic oxidation sites excluding steroid dienone is 1. The second-order valence-electron chi connectivity index (χ2n) is 13.6. The number of likely N-dealkylation sites (tertiary alicyclic amines) is 1. The largest absolute Gasteiger partial charge is 0.510 e. The highest BCUT2D eigenvalue weighted by Crippen LogP contribution is 2.54. The molecule has 0 bridgehead atoms. The molecule has 1 saturated heterocycles. The number of benzene rings is 2. The number of aliphatic hydroxyl groups excluding tert-OH is 2. The van der Waals surface area contributed by atoms with Gasteiger partial charge < -0.3 is 46.0 Å². The van der Waals surface area contributed by atoms with Crippen LogP contribution >= 0.6 is 0 Å². The van der Waals surface area contributed by atoms with E-state index in [4.69, 9.17) is 10.5 Å². The predicted molar refractivity (Wildman–Crippen MR) is 178 cm³/mol. The molecule has 6 rings (SSSR count). The van der Waals surface area contributed by atoms with Crippen molar-refractivity contribution in [3.8, 4) is 5.75 Å². The van der Waals surface area contributed by atoms with E-state index in [0.29, 0.717) is 11.3 Å². The average molecular weight is 690 g/mol. The van der Waals surface area contributed by atoms with Gasteiger partial charge in [0.15, 0.2) is 17.1 Å². The minimum atomic E-state index is -2.77. The smallest absolute Gasteiger partial charge is 0.410 e. The van der Waals surface area contributed by atoms with Crippen molar-refractivity contribution in [1.82, 2.24) is 9.80 Å². The number of nitrogens with zero attached hydrogens (tertiary/aromatic N) is 3. The summed E-state index contributed by atoms with van der Waals surface area (Å²) in [6.07, 6.45) is -0.535. The van der Waals surface area contributed by atoms with E-state index in [-0.39, 0.29) is 49.4 Å². The average Bonchev–Trinajstić information content (AvgIpc) is 3.02. The number of carbonyl (C=O) groups excluding carboxylic acids is 5. The molecule has 0 spiro atoms. The molecule has 4 atom stereocenters. The summed E-state index contributed by atoms with van der Waals surface area (Å²) in [6.45, 7) is 0.232. The van der Waals surface area contributed by atoms with Crippen LogP contribution in [0.15, 0.2) is 59.1 Å². The van der Waals surface area contributed by atoms with E-state index in [0.717, 1.165) is 5.56 Å². The van der Waals surface area contributed by atoms with Crippen LogP contribution in [0.25, 0.3) is 0 Å². The van der Waals surface area contributed by atoms with Crippen LogP contribution in [0.5, 0.6) is 5.75 Å². The van der Waals surface area contributed by atoms with Gasteiger partial charge in [0.25, 0.3) is 5.91 Å². The number of aliphatic hydroxyl groups is 3. The molecule has 2 aromatic carbocycles. The Morgan fingerprint density at radius 1 is 1.06 bits per heavy atom. The highest BCUT2D eigenvalue weighted by Gasteiger charge is 2.63. The number of aromatic hydroxyl groups is 1. The number of amides is 3. The highest BCUT2D eigenvalue weighted by atomic mass is 16.6. The van der Waals surface area contributed by atoms with Gasteiger partial charge in [-0.1, -0.05) is 30.3 Å². The number of hydrogen-bond acceptors (Lipinski definition) is 12.